The van der Waals surface area contributed by atoms with Crippen molar-refractivity contribution in [3.8, 4) is 0 Å². The van der Waals surface area contributed by atoms with E-state index in [1.54, 1.807) is 7.11 Å². The summed E-state index contributed by atoms with van der Waals surface area (Å²) in [6.07, 6.45) is 1.70. The smallest absolute Gasteiger partial charge is 0.326 e. The summed E-state index contributed by atoms with van der Waals surface area (Å²) < 4.78 is 4.83. The zero-order chi connectivity index (χ0) is 12.8. The number of methoxy groups -OCH3 is 1. The molecule has 0 aromatic carbocycles. The summed E-state index contributed by atoms with van der Waals surface area (Å²) in [6.45, 7) is 3.19. The highest BCUT2D eigenvalue weighted by molar-refractivity contribution is 5.83. The monoisotopic (exact) mass is 244 g/mol. The second kappa shape index (κ2) is 6.44. The van der Waals surface area contributed by atoms with Crippen molar-refractivity contribution in [3.63, 3.8) is 0 Å². The summed E-state index contributed by atoms with van der Waals surface area (Å²) in [6, 6.07) is -1.03. The number of urea groups is 1. The van der Waals surface area contributed by atoms with Crippen LogP contribution >= 0.6 is 0 Å². The van der Waals surface area contributed by atoms with Crippen LogP contribution < -0.4 is 5.32 Å². The molecular weight excluding hydrogens is 224 g/mol. The van der Waals surface area contributed by atoms with Gasteiger partial charge in [-0.3, -0.25) is 0 Å². The minimum atomic E-state index is -0.931. The highest BCUT2D eigenvalue weighted by Gasteiger charge is 2.36. The van der Waals surface area contributed by atoms with E-state index < -0.39 is 12.0 Å². The van der Waals surface area contributed by atoms with E-state index in [9.17, 15) is 9.59 Å². The van der Waals surface area contributed by atoms with E-state index in [2.05, 4.69) is 5.32 Å². The Morgan fingerprint density at radius 3 is 2.82 bits per heavy atom. The molecule has 6 heteroatoms. The molecule has 0 saturated carbocycles. The van der Waals surface area contributed by atoms with Crippen LogP contribution in [0.25, 0.3) is 0 Å². The van der Waals surface area contributed by atoms with E-state index in [4.69, 9.17) is 9.84 Å². The molecule has 2 unspecified atom stereocenters. The number of hydrogen-bond donors (Lipinski definition) is 2. The lowest BCUT2D eigenvalue weighted by Gasteiger charge is -2.37. The van der Waals surface area contributed by atoms with E-state index in [-0.39, 0.29) is 11.9 Å². The van der Waals surface area contributed by atoms with Gasteiger partial charge >= 0.3 is 12.0 Å². The molecule has 2 N–H and O–H groups in total. The number of carbonyl (C=O) groups is 2. The molecule has 0 bridgehead atoms. The fraction of sp³-hybridized carbons (Fsp3) is 0.818. The van der Waals surface area contributed by atoms with Gasteiger partial charge < -0.3 is 20.1 Å². The zero-order valence-electron chi connectivity index (χ0n) is 10.3. The van der Waals surface area contributed by atoms with E-state index in [0.29, 0.717) is 19.7 Å². The first-order valence-electron chi connectivity index (χ1n) is 5.84. The highest BCUT2D eigenvalue weighted by atomic mass is 16.5. The van der Waals surface area contributed by atoms with Crippen molar-refractivity contribution in [2.45, 2.75) is 25.8 Å². The number of hydrogen-bond acceptors (Lipinski definition) is 3. The third kappa shape index (κ3) is 3.59. The molecule has 0 aliphatic carbocycles. The first-order valence-corrected chi connectivity index (χ1v) is 5.84. The Labute approximate surface area is 101 Å². The first kappa shape index (κ1) is 13.8. The molecule has 1 aliphatic rings. The molecule has 1 saturated heterocycles. The summed E-state index contributed by atoms with van der Waals surface area (Å²) in [5.74, 6) is -0.937. The molecule has 0 spiro atoms. The maximum atomic E-state index is 11.8. The van der Waals surface area contributed by atoms with Crippen LogP contribution in [0.15, 0.2) is 0 Å². The Hall–Kier alpha value is -1.30. The number of ether oxygens (including phenoxy) is 1. The minimum absolute atomic E-state index is 0.00516. The third-order valence-corrected chi connectivity index (χ3v) is 3.03. The summed E-state index contributed by atoms with van der Waals surface area (Å²) in [4.78, 5) is 24.4. The number of likely N-dealkylation sites (tertiary alicyclic amines) is 1. The normalized spacial score (nSPS) is 24.5. The lowest BCUT2D eigenvalue weighted by atomic mass is 9.91. The Morgan fingerprint density at radius 2 is 2.24 bits per heavy atom. The number of piperidine rings is 1. The molecule has 17 heavy (non-hydrogen) atoms. The SMILES string of the molecule is COCCNC(=O)N1CCCC(C)C1C(=O)O. The van der Waals surface area contributed by atoms with Crippen molar-refractivity contribution in [3.05, 3.63) is 0 Å². The van der Waals surface area contributed by atoms with Crippen LogP contribution in [0.2, 0.25) is 0 Å². The number of carbonyl (C=O) groups excluding carboxylic acids is 1. The van der Waals surface area contributed by atoms with Gasteiger partial charge in [0.1, 0.15) is 6.04 Å². The van der Waals surface area contributed by atoms with Gasteiger partial charge in [-0.25, -0.2) is 9.59 Å². The standard InChI is InChI=1S/C11H20N2O4/c1-8-4-3-6-13(9(8)10(14)15)11(16)12-5-7-17-2/h8-9H,3-7H2,1-2H3,(H,12,16)(H,14,15). The fourth-order valence-corrected chi connectivity index (χ4v) is 2.15. The molecule has 2 atom stereocenters. The second-order valence-corrected chi connectivity index (χ2v) is 4.32. The van der Waals surface area contributed by atoms with Gasteiger partial charge in [-0.15, -0.1) is 0 Å². The van der Waals surface area contributed by atoms with Crippen LogP contribution in [-0.4, -0.2) is 54.9 Å². The highest BCUT2D eigenvalue weighted by Crippen LogP contribution is 2.23. The van der Waals surface area contributed by atoms with Gasteiger partial charge in [-0.2, -0.15) is 0 Å². The van der Waals surface area contributed by atoms with E-state index in [1.807, 2.05) is 6.92 Å². The van der Waals surface area contributed by atoms with Gasteiger partial charge in [0.25, 0.3) is 0 Å². The Morgan fingerprint density at radius 1 is 1.53 bits per heavy atom. The molecule has 1 aliphatic heterocycles. The molecule has 6 nitrogen and oxygen atoms in total. The zero-order valence-corrected chi connectivity index (χ0v) is 10.3. The van der Waals surface area contributed by atoms with Crippen LogP contribution in [0, 0.1) is 5.92 Å². The van der Waals surface area contributed by atoms with Crippen molar-refractivity contribution in [2.24, 2.45) is 5.92 Å². The van der Waals surface area contributed by atoms with Crippen LogP contribution in [-0.2, 0) is 9.53 Å². The maximum Gasteiger partial charge on any atom is 0.326 e. The largest absolute Gasteiger partial charge is 0.480 e. The third-order valence-electron chi connectivity index (χ3n) is 3.03. The van der Waals surface area contributed by atoms with Crippen LogP contribution in [0.5, 0.6) is 0 Å². The topological polar surface area (TPSA) is 78.9 Å². The number of aliphatic carboxylic acids is 1. The predicted octanol–water partition coefficient (Wildman–Crippen LogP) is 0.527. The van der Waals surface area contributed by atoms with Crippen molar-refractivity contribution < 1.29 is 19.4 Å². The Kier molecular flexibility index (Phi) is 5.21. The van der Waals surface area contributed by atoms with Crippen LogP contribution in [0.1, 0.15) is 19.8 Å². The quantitative estimate of drug-likeness (QED) is 0.707. The average Bonchev–Trinajstić information content (AvgIpc) is 2.28. The van der Waals surface area contributed by atoms with Gasteiger partial charge in [0, 0.05) is 20.2 Å². The molecule has 0 radical (unpaired) electrons. The van der Waals surface area contributed by atoms with Gasteiger partial charge in [-0.1, -0.05) is 6.92 Å². The predicted molar refractivity (Wildman–Crippen MR) is 61.8 cm³/mol. The number of carboxylic acids is 1. The van der Waals surface area contributed by atoms with Gasteiger partial charge in [-0.05, 0) is 18.8 Å². The maximum absolute atomic E-state index is 11.8. The van der Waals surface area contributed by atoms with Crippen molar-refractivity contribution >= 4 is 12.0 Å². The van der Waals surface area contributed by atoms with Crippen LogP contribution in [0.3, 0.4) is 0 Å². The number of rotatable bonds is 4. The number of carboxylic acid groups (broad SMARTS) is 1. The summed E-state index contributed by atoms with van der Waals surface area (Å²) in [7, 11) is 1.55. The summed E-state index contributed by atoms with van der Waals surface area (Å²) in [5, 5.41) is 11.8. The van der Waals surface area contributed by atoms with E-state index in [1.165, 1.54) is 4.90 Å². The van der Waals surface area contributed by atoms with Gasteiger partial charge in [0.2, 0.25) is 0 Å². The molecule has 0 aromatic heterocycles. The molecule has 1 rings (SSSR count). The Balaban J connectivity index is 2.59. The Bertz CT molecular complexity index is 283. The average molecular weight is 244 g/mol. The lowest BCUT2D eigenvalue weighted by molar-refractivity contribution is -0.145. The molecule has 98 valence electrons. The van der Waals surface area contributed by atoms with Crippen molar-refractivity contribution in [1.82, 2.24) is 10.2 Å². The minimum Gasteiger partial charge on any atom is -0.480 e. The lowest BCUT2D eigenvalue weighted by Crippen LogP contribution is -2.55. The number of amides is 2. The first-order chi connectivity index (χ1) is 8.07. The van der Waals surface area contributed by atoms with Crippen molar-refractivity contribution in [1.29, 1.82) is 0 Å². The number of nitrogens with zero attached hydrogens (tertiary/aromatic N) is 1. The fourth-order valence-electron chi connectivity index (χ4n) is 2.15. The van der Waals surface area contributed by atoms with Gasteiger partial charge in [0.15, 0.2) is 0 Å². The van der Waals surface area contributed by atoms with E-state index >= 15 is 0 Å². The van der Waals surface area contributed by atoms with Gasteiger partial charge in [0.05, 0.1) is 6.61 Å². The summed E-state index contributed by atoms with van der Waals surface area (Å²) in [5.41, 5.74) is 0. The molecule has 2 amide bonds. The molecular formula is C11H20N2O4. The molecule has 1 heterocycles. The second-order valence-electron chi connectivity index (χ2n) is 4.32. The van der Waals surface area contributed by atoms with Crippen LogP contribution in [0.4, 0.5) is 4.79 Å². The molecule has 1 fully saturated rings. The van der Waals surface area contributed by atoms with Crippen molar-refractivity contribution in [2.75, 3.05) is 26.8 Å². The number of nitrogens with one attached hydrogen (secondary N) is 1. The summed E-state index contributed by atoms with van der Waals surface area (Å²) >= 11 is 0. The van der Waals surface area contributed by atoms with E-state index in [0.717, 1.165) is 12.8 Å². The molecule has 0 aromatic rings.